The predicted octanol–water partition coefficient (Wildman–Crippen LogP) is 2.81. The molecule has 0 spiro atoms. The van der Waals surface area contributed by atoms with Gasteiger partial charge in [-0.3, -0.25) is 4.79 Å². The molecule has 0 aromatic heterocycles. The molecule has 0 unspecified atom stereocenters. The van der Waals surface area contributed by atoms with Crippen LogP contribution in [0.3, 0.4) is 0 Å². The molecule has 0 aliphatic heterocycles. The van der Waals surface area contributed by atoms with Crippen LogP contribution in [0.5, 0.6) is 0 Å². The summed E-state index contributed by atoms with van der Waals surface area (Å²) in [4.78, 5) is 23.0. The molecule has 0 bridgehead atoms. The van der Waals surface area contributed by atoms with Gasteiger partial charge in [0.05, 0.1) is 5.56 Å². The van der Waals surface area contributed by atoms with Crippen molar-refractivity contribution in [3.63, 3.8) is 0 Å². The van der Waals surface area contributed by atoms with Crippen LogP contribution in [-0.4, -0.2) is 16.9 Å². The molecule has 0 atom stereocenters. The molecule has 0 aliphatic carbocycles. The van der Waals surface area contributed by atoms with E-state index in [4.69, 9.17) is 5.11 Å². The molecule has 0 radical (unpaired) electrons. The summed E-state index contributed by atoms with van der Waals surface area (Å²) in [6.45, 7) is 0. The Morgan fingerprint density at radius 1 is 0.889 bits per heavy atom. The number of rotatable bonds is 4. The van der Waals surface area contributed by atoms with Crippen molar-refractivity contribution in [2.45, 2.75) is 6.42 Å². The maximum Gasteiger partial charge on any atom is 0.335 e. The molecule has 3 heteroatoms. The van der Waals surface area contributed by atoms with E-state index in [-0.39, 0.29) is 17.8 Å². The molecule has 90 valence electrons. The van der Waals surface area contributed by atoms with Gasteiger partial charge in [-0.15, -0.1) is 0 Å². The minimum Gasteiger partial charge on any atom is -0.478 e. The fourth-order valence-corrected chi connectivity index (χ4v) is 1.78. The molecule has 0 saturated heterocycles. The number of carbonyl (C=O) groups excluding carboxylic acids is 1. The van der Waals surface area contributed by atoms with E-state index >= 15 is 0 Å². The fourth-order valence-electron chi connectivity index (χ4n) is 1.78. The molecule has 2 aromatic carbocycles. The molecule has 0 amide bonds. The van der Waals surface area contributed by atoms with Crippen LogP contribution >= 0.6 is 0 Å². The van der Waals surface area contributed by atoms with Gasteiger partial charge in [-0.2, -0.15) is 0 Å². The van der Waals surface area contributed by atoms with Crippen LogP contribution in [0, 0.1) is 0 Å². The van der Waals surface area contributed by atoms with Crippen molar-refractivity contribution in [2.75, 3.05) is 0 Å². The van der Waals surface area contributed by atoms with E-state index in [0.29, 0.717) is 11.1 Å². The topological polar surface area (TPSA) is 54.4 Å². The normalized spacial score (nSPS) is 10.0. The Hall–Kier alpha value is -2.42. The summed E-state index contributed by atoms with van der Waals surface area (Å²) in [6, 6.07) is 15.4. The largest absolute Gasteiger partial charge is 0.478 e. The minimum absolute atomic E-state index is 0.0794. The first-order chi connectivity index (χ1) is 8.68. The third-order valence-electron chi connectivity index (χ3n) is 2.69. The van der Waals surface area contributed by atoms with Crippen molar-refractivity contribution in [3.8, 4) is 0 Å². The molecule has 3 nitrogen and oxygen atoms in total. The second-order valence-electron chi connectivity index (χ2n) is 3.93. The maximum absolute atomic E-state index is 12.0. The highest BCUT2D eigenvalue weighted by atomic mass is 16.4. The van der Waals surface area contributed by atoms with Crippen molar-refractivity contribution in [1.29, 1.82) is 0 Å². The van der Waals surface area contributed by atoms with Crippen LogP contribution < -0.4 is 0 Å². The van der Waals surface area contributed by atoms with Crippen molar-refractivity contribution >= 4 is 11.8 Å². The number of carbonyl (C=O) groups is 2. The van der Waals surface area contributed by atoms with E-state index in [1.165, 1.54) is 6.07 Å². The Balaban J connectivity index is 2.25. The predicted molar refractivity (Wildman–Crippen MR) is 67.9 cm³/mol. The Bertz CT molecular complexity index is 573. The summed E-state index contributed by atoms with van der Waals surface area (Å²) in [5.41, 5.74) is 1.32. The smallest absolute Gasteiger partial charge is 0.335 e. The van der Waals surface area contributed by atoms with E-state index in [1.807, 2.05) is 6.07 Å². The molecule has 2 aromatic rings. The Kier molecular flexibility index (Phi) is 3.53. The molecule has 2 rings (SSSR count). The van der Waals surface area contributed by atoms with Crippen LogP contribution in [0.15, 0.2) is 54.6 Å². The van der Waals surface area contributed by atoms with Gasteiger partial charge >= 0.3 is 5.97 Å². The third-order valence-corrected chi connectivity index (χ3v) is 2.69. The monoisotopic (exact) mass is 240 g/mol. The van der Waals surface area contributed by atoms with Crippen LogP contribution in [-0.2, 0) is 6.42 Å². The van der Waals surface area contributed by atoms with Crippen LogP contribution in [0.2, 0.25) is 0 Å². The Morgan fingerprint density at radius 2 is 1.50 bits per heavy atom. The lowest BCUT2D eigenvalue weighted by atomic mass is 9.99. The summed E-state index contributed by atoms with van der Waals surface area (Å²) in [7, 11) is 0. The maximum atomic E-state index is 12.0. The number of carboxylic acid groups (broad SMARTS) is 1. The number of aromatic carboxylic acids is 1. The van der Waals surface area contributed by atoms with Gasteiger partial charge in [-0.25, -0.2) is 4.79 Å². The highest BCUT2D eigenvalue weighted by molar-refractivity contribution is 5.99. The summed E-state index contributed by atoms with van der Waals surface area (Å²) >= 11 is 0. The van der Waals surface area contributed by atoms with Crippen molar-refractivity contribution in [1.82, 2.24) is 0 Å². The average molecular weight is 240 g/mol. The van der Waals surface area contributed by atoms with Gasteiger partial charge in [0.25, 0.3) is 0 Å². The average Bonchev–Trinajstić information content (AvgIpc) is 2.40. The van der Waals surface area contributed by atoms with Gasteiger partial charge in [-0.1, -0.05) is 48.5 Å². The molecular weight excluding hydrogens is 228 g/mol. The number of Topliss-reactive ketones (excluding diaryl/α,β-unsaturated/α-hetero) is 1. The zero-order valence-corrected chi connectivity index (χ0v) is 9.67. The summed E-state index contributed by atoms with van der Waals surface area (Å²) in [5.74, 6) is -1.09. The highest BCUT2D eigenvalue weighted by Gasteiger charge is 2.13. The molecule has 18 heavy (non-hydrogen) atoms. The highest BCUT2D eigenvalue weighted by Crippen LogP contribution is 2.12. The van der Waals surface area contributed by atoms with Gasteiger partial charge in [-0.05, 0) is 11.6 Å². The lowest BCUT2D eigenvalue weighted by Gasteiger charge is -2.05. The van der Waals surface area contributed by atoms with Gasteiger partial charge in [0.15, 0.2) is 5.78 Å². The molecule has 0 fully saturated rings. The van der Waals surface area contributed by atoms with Crippen molar-refractivity contribution in [2.24, 2.45) is 0 Å². The van der Waals surface area contributed by atoms with Gasteiger partial charge in [0, 0.05) is 12.0 Å². The van der Waals surface area contributed by atoms with Gasteiger partial charge in [0.1, 0.15) is 0 Å². The zero-order valence-electron chi connectivity index (χ0n) is 9.67. The van der Waals surface area contributed by atoms with E-state index < -0.39 is 5.97 Å². The zero-order chi connectivity index (χ0) is 13.0. The Labute approximate surface area is 105 Å². The molecule has 0 aliphatic rings. The number of benzene rings is 2. The first-order valence-corrected chi connectivity index (χ1v) is 5.58. The first-order valence-electron chi connectivity index (χ1n) is 5.58. The van der Waals surface area contributed by atoms with Crippen LogP contribution in [0.4, 0.5) is 0 Å². The van der Waals surface area contributed by atoms with Crippen LogP contribution in [0.1, 0.15) is 26.3 Å². The summed E-state index contributed by atoms with van der Waals surface area (Å²) in [5, 5.41) is 9.04. The SMILES string of the molecule is O=C(Cc1ccccc1C(=O)O)c1ccccc1. The number of carboxylic acids is 1. The third kappa shape index (κ3) is 2.63. The summed E-state index contributed by atoms with van der Waals surface area (Å²) in [6.07, 6.45) is 0.104. The van der Waals surface area contributed by atoms with E-state index in [1.54, 1.807) is 42.5 Å². The number of hydrogen-bond acceptors (Lipinski definition) is 2. The molecular formula is C15H12O3. The Morgan fingerprint density at radius 3 is 2.17 bits per heavy atom. The molecule has 1 N–H and O–H groups in total. The fraction of sp³-hybridized carbons (Fsp3) is 0.0667. The van der Waals surface area contributed by atoms with Crippen LogP contribution in [0.25, 0.3) is 0 Å². The van der Waals surface area contributed by atoms with Crippen molar-refractivity contribution < 1.29 is 14.7 Å². The molecule has 0 saturated carbocycles. The van der Waals surface area contributed by atoms with Crippen molar-refractivity contribution in [3.05, 3.63) is 71.3 Å². The second-order valence-corrected chi connectivity index (χ2v) is 3.93. The van der Waals surface area contributed by atoms with E-state index in [2.05, 4.69) is 0 Å². The number of hydrogen-bond donors (Lipinski definition) is 1. The lowest BCUT2D eigenvalue weighted by molar-refractivity contribution is 0.0696. The second kappa shape index (κ2) is 5.27. The summed E-state index contributed by atoms with van der Waals surface area (Å²) < 4.78 is 0. The minimum atomic E-state index is -1.01. The quantitative estimate of drug-likeness (QED) is 0.836. The lowest BCUT2D eigenvalue weighted by Crippen LogP contribution is -2.08. The van der Waals surface area contributed by atoms with E-state index in [0.717, 1.165) is 0 Å². The van der Waals surface area contributed by atoms with Gasteiger partial charge < -0.3 is 5.11 Å². The standard InChI is InChI=1S/C15H12O3/c16-14(11-6-2-1-3-7-11)10-12-8-4-5-9-13(12)15(17)18/h1-9H,10H2,(H,17,18). The number of ketones is 1. The van der Waals surface area contributed by atoms with Gasteiger partial charge in [0.2, 0.25) is 0 Å². The first kappa shape index (κ1) is 12.0. The molecule has 0 heterocycles. The van der Waals surface area contributed by atoms with E-state index in [9.17, 15) is 9.59 Å².